The molecule has 84 valence electrons. The molecular formula is C11H20N4. The number of rotatable bonds is 4. The van der Waals surface area contributed by atoms with Gasteiger partial charge in [-0.2, -0.15) is 5.10 Å². The molecule has 0 radical (unpaired) electrons. The quantitative estimate of drug-likeness (QED) is 0.792. The highest BCUT2D eigenvalue weighted by molar-refractivity contribution is 5.09. The maximum atomic E-state index is 4.60. The van der Waals surface area contributed by atoms with Gasteiger partial charge >= 0.3 is 0 Å². The number of H-pyrrole nitrogens is 1. The van der Waals surface area contributed by atoms with Gasteiger partial charge in [-0.15, -0.1) is 0 Å². The van der Waals surface area contributed by atoms with E-state index in [1.165, 1.54) is 6.42 Å². The molecule has 2 rings (SSSR count). The van der Waals surface area contributed by atoms with Crippen molar-refractivity contribution in [2.75, 3.05) is 6.54 Å². The average Bonchev–Trinajstić information content (AvgIpc) is 2.86. The molecule has 1 unspecified atom stereocenters. The lowest BCUT2D eigenvalue weighted by Crippen LogP contribution is -2.37. The van der Waals surface area contributed by atoms with E-state index < -0.39 is 0 Å². The predicted molar refractivity (Wildman–Crippen MR) is 59.6 cm³/mol. The van der Waals surface area contributed by atoms with Crippen LogP contribution in [0.4, 0.5) is 0 Å². The molecule has 0 aromatic carbocycles. The van der Waals surface area contributed by atoms with E-state index in [4.69, 9.17) is 0 Å². The molecule has 0 saturated carbocycles. The van der Waals surface area contributed by atoms with Gasteiger partial charge in [0.2, 0.25) is 0 Å². The Morgan fingerprint density at radius 2 is 2.27 bits per heavy atom. The van der Waals surface area contributed by atoms with Gasteiger partial charge in [-0.05, 0) is 32.2 Å². The highest BCUT2D eigenvalue weighted by Crippen LogP contribution is 2.31. The first kappa shape index (κ1) is 10.6. The van der Waals surface area contributed by atoms with Gasteiger partial charge in [0.1, 0.15) is 5.82 Å². The Kier molecular flexibility index (Phi) is 3.05. The molecule has 1 aliphatic heterocycles. The third-order valence-corrected chi connectivity index (χ3v) is 3.29. The third-order valence-electron chi connectivity index (χ3n) is 3.29. The van der Waals surface area contributed by atoms with Gasteiger partial charge in [0.25, 0.3) is 0 Å². The largest absolute Gasteiger partial charge is 0.305 e. The topological polar surface area (TPSA) is 53.6 Å². The van der Waals surface area contributed by atoms with Crippen LogP contribution >= 0.6 is 0 Å². The van der Waals surface area contributed by atoms with Gasteiger partial charge in [0.15, 0.2) is 5.82 Å². The number of hydrogen-bond acceptors (Lipinski definition) is 3. The van der Waals surface area contributed by atoms with Gasteiger partial charge in [0, 0.05) is 6.42 Å². The molecule has 4 nitrogen and oxygen atoms in total. The monoisotopic (exact) mass is 208 g/mol. The van der Waals surface area contributed by atoms with Gasteiger partial charge in [-0.3, -0.25) is 5.10 Å². The summed E-state index contributed by atoms with van der Waals surface area (Å²) in [5.41, 5.74) is 0.0441. The SMILES string of the molecule is CCCc1nc(C2(CC)CCCN2)n[nH]1. The van der Waals surface area contributed by atoms with Gasteiger partial charge in [0.05, 0.1) is 5.54 Å². The highest BCUT2D eigenvalue weighted by Gasteiger charge is 2.36. The van der Waals surface area contributed by atoms with Crippen LogP contribution in [0.15, 0.2) is 0 Å². The van der Waals surface area contributed by atoms with Crippen molar-refractivity contribution in [2.45, 2.75) is 51.5 Å². The van der Waals surface area contributed by atoms with Crippen LogP contribution in [0.25, 0.3) is 0 Å². The van der Waals surface area contributed by atoms with Crippen LogP contribution in [0.5, 0.6) is 0 Å². The Bertz CT molecular complexity index is 312. The fraction of sp³-hybridized carbons (Fsp3) is 0.818. The number of hydrogen-bond donors (Lipinski definition) is 2. The third kappa shape index (κ3) is 1.91. The second kappa shape index (κ2) is 4.31. The van der Waals surface area contributed by atoms with Crippen LogP contribution in [0.1, 0.15) is 51.2 Å². The fourth-order valence-corrected chi connectivity index (χ4v) is 2.31. The zero-order valence-corrected chi connectivity index (χ0v) is 9.64. The summed E-state index contributed by atoms with van der Waals surface area (Å²) in [6.45, 7) is 5.45. The number of nitrogens with one attached hydrogen (secondary N) is 2. The predicted octanol–water partition coefficient (Wildman–Crippen LogP) is 1.75. The van der Waals surface area contributed by atoms with Crippen LogP contribution in [0, 0.1) is 0 Å². The van der Waals surface area contributed by atoms with E-state index in [9.17, 15) is 0 Å². The Morgan fingerprint density at radius 3 is 2.87 bits per heavy atom. The molecule has 1 aliphatic rings. The summed E-state index contributed by atoms with van der Waals surface area (Å²) in [5.74, 6) is 1.99. The molecule has 0 bridgehead atoms. The number of aromatic nitrogens is 3. The molecule has 1 aromatic heterocycles. The summed E-state index contributed by atoms with van der Waals surface area (Å²) in [5, 5.41) is 10.9. The minimum absolute atomic E-state index is 0.0441. The molecular weight excluding hydrogens is 188 g/mol. The van der Waals surface area contributed by atoms with Crippen molar-refractivity contribution in [1.82, 2.24) is 20.5 Å². The second-order valence-corrected chi connectivity index (χ2v) is 4.32. The van der Waals surface area contributed by atoms with Crippen molar-refractivity contribution < 1.29 is 0 Å². The molecule has 15 heavy (non-hydrogen) atoms. The Balaban J connectivity index is 2.19. The Labute approximate surface area is 90.9 Å². The number of nitrogens with zero attached hydrogens (tertiary/aromatic N) is 2. The van der Waals surface area contributed by atoms with Crippen molar-refractivity contribution in [2.24, 2.45) is 0 Å². The summed E-state index contributed by atoms with van der Waals surface area (Å²) in [4.78, 5) is 4.60. The molecule has 2 N–H and O–H groups in total. The first-order valence-corrected chi connectivity index (χ1v) is 5.97. The van der Waals surface area contributed by atoms with Crippen molar-refractivity contribution in [3.63, 3.8) is 0 Å². The van der Waals surface area contributed by atoms with Crippen LogP contribution in [-0.2, 0) is 12.0 Å². The molecule has 4 heteroatoms. The summed E-state index contributed by atoms with van der Waals surface area (Å²) in [6.07, 6.45) is 5.56. The lowest BCUT2D eigenvalue weighted by atomic mass is 9.93. The minimum Gasteiger partial charge on any atom is -0.305 e. The maximum absolute atomic E-state index is 4.60. The Morgan fingerprint density at radius 1 is 1.40 bits per heavy atom. The highest BCUT2D eigenvalue weighted by atomic mass is 15.2. The molecule has 0 spiro atoms. The van der Waals surface area contributed by atoms with Crippen LogP contribution < -0.4 is 5.32 Å². The van der Waals surface area contributed by atoms with E-state index in [0.717, 1.165) is 43.9 Å². The van der Waals surface area contributed by atoms with E-state index >= 15 is 0 Å². The fourth-order valence-electron chi connectivity index (χ4n) is 2.31. The van der Waals surface area contributed by atoms with E-state index in [1.807, 2.05) is 0 Å². The van der Waals surface area contributed by atoms with Crippen molar-refractivity contribution >= 4 is 0 Å². The lowest BCUT2D eigenvalue weighted by Gasteiger charge is -2.24. The van der Waals surface area contributed by atoms with E-state index in [2.05, 4.69) is 34.3 Å². The van der Waals surface area contributed by atoms with Crippen molar-refractivity contribution in [3.05, 3.63) is 11.6 Å². The standard InChI is InChI=1S/C11H20N4/c1-3-6-9-13-10(15-14-9)11(4-2)7-5-8-12-11/h12H,3-8H2,1-2H3,(H,13,14,15). The van der Waals surface area contributed by atoms with Crippen LogP contribution in [0.2, 0.25) is 0 Å². The number of aryl methyl sites for hydroxylation is 1. The average molecular weight is 208 g/mol. The lowest BCUT2D eigenvalue weighted by molar-refractivity contribution is 0.354. The zero-order chi connectivity index (χ0) is 10.7. The first-order chi connectivity index (χ1) is 7.30. The van der Waals surface area contributed by atoms with Crippen molar-refractivity contribution in [1.29, 1.82) is 0 Å². The molecule has 0 amide bonds. The number of aromatic amines is 1. The minimum atomic E-state index is 0.0441. The maximum Gasteiger partial charge on any atom is 0.170 e. The van der Waals surface area contributed by atoms with E-state index in [1.54, 1.807) is 0 Å². The summed E-state index contributed by atoms with van der Waals surface area (Å²) in [6, 6.07) is 0. The molecule has 2 heterocycles. The van der Waals surface area contributed by atoms with E-state index in [-0.39, 0.29) is 5.54 Å². The van der Waals surface area contributed by atoms with Crippen LogP contribution in [-0.4, -0.2) is 21.7 Å². The normalized spacial score (nSPS) is 26.0. The van der Waals surface area contributed by atoms with Gasteiger partial charge in [-0.1, -0.05) is 13.8 Å². The summed E-state index contributed by atoms with van der Waals surface area (Å²) in [7, 11) is 0. The van der Waals surface area contributed by atoms with Gasteiger partial charge < -0.3 is 5.32 Å². The first-order valence-electron chi connectivity index (χ1n) is 5.97. The molecule has 0 aliphatic carbocycles. The molecule has 1 saturated heterocycles. The van der Waals surface area contributed by atoms with Gasteiger partial charge in [-0.25, -0.2) is 4.98 Å². The zero-order valence-electron chi connectivity index (χ0n) is 9.64. The summed E-state index contributed by atoms with van der Waals surface area (Å²) < 4.78 is 0. The second-order valence-electron chi connectivity index (χ2n) is 4.32. The smallest absolute Gasteiger partial charge is 0.170 e. The molecule has 1 atom stereocenters. The van der Waals surface area contributed by atoms with Crippen LogP contribution in [0.3, 0.4) is 0 Å². The summed E-state index contributed by atoms with van der Waals surface area (Å²) >= 11 is 0. The molecule has 1 fully saturated rings. The van der Waals surface area contributed by atoms with Crippen molar-refractivity contribution in [3.8, 4) is 0 Å². The molecule has 1 aromatic rings. The van der Waals surface area contributed by atoms with E-state index in [0.29, 0.717) is 0 Å². The Hall–Kier alpha value is -0.900.